The number of esters is 1. The van der Waals surface area contributed by atoms with E-state index < -0.39 is 36.1 Å². The lowest BCUT2D eigenvalue weighted by atomic mass is 9.95. The number of ether oxygens (including phenoxy) is 2. The van der Waals surface area contributed by atoms with Crippen molar-refractivity contribution in [2.75, 3.05) is 13.7 Å². The number of benzene rings is 2. The van der Waals surface area contributed by atoms with Crippen LogP contribution in [0.15, 0.2) is 77.8 Å². The number of amides is 4. The normalized spacial score (nSPS) is 12.8. The molecule has 290 valence electrons. The van der Waals surface area contributed by atoms with Crippen LogP contribution in [0.5, 0.6) is 0 Å². The van der Waals surface area contributed by atoms with Crippen molar-refractivity contribution in [1.82, 2.24) is 30.8 Å². The predicted octanol–water partition coefficient (Wildman–Crippen LogP) is 6.87. The van der Waals surface area contributed by atoms with Crippen LogP contribution >= 0.6 is 22.7 Å². The summed E-state index contributed by atoms with van der Waals surface area (Å²) in [5.41, 5.74) is 4.47. The van der Waals surface area contributed by atoms with E-state index in [1.807, 2.05) is 79.9 Å². The Morgan fingerprint density at radius 2 is 1.44 bits per heavy atom. The fourth-order valence-electron chi connectivity index (χ4n) is 5.54. The minimum atomic E-state index is -1.19. The van der Waals surface area contributed by atoms with E-state index in [0.29, 0.717) is 25.7 Å². The van der Waals surface area contributed by atoms with Crippen LogP contribution in [0.4, 0.5) is 9.59 Å². The second-order valence-corrected chi connectivity index (χ2v) is 15.9. The second kappa shape index (κ2) is 21.8. The predicted molar refractivity (Wildman–Crippen MR) is 211 cm³/mol. The number of alkyl carbamates (subject to hydrolysis) is 1. The molecule has 54 heavy (non-hydrogen) atoms. The molecule has 2 aromatic heterocycles. The molecule has 3 unspecified atom stereocenters. The molecule has 4 amide bonds. The van der Waals surface area contributed by atoms with Gasteiger partial charge in [0.05, 0.1) is 40.7 Å². The van der Waals surface area contributed by atoms with Crippen LogP contribution in [0.2, 0.25) is 0 Å². The largest absolute Gasteiger partial charge is 0.465 e. The fraction of sp³-hybridized carbons (Fsp3) is 0.450. The molecule has 3 atom stereocenters. The number of nitrogens with zero attached hydrogens (tertiary/aromatic N) is 3. The summed E-state index contributed by atoms with van der Waals surface area (Å²) < 4.78 is 10.9. The zero-order chi connectivity index (χ0) is 38.9. The third kappa shape index (κ3) is 14.9. The molecule has 4 aromatic rings. The summed E-state index contributed by atoms with van der Waals surface area (Å²) in [5.74, 6) is -0.722. The van der Waals surface area contributed by atoms with Crippen LogP contribution in [0.1, 0.15) is 79.6 Å². The fourth-order valence-corrected chi connectivity index (χ4v) is 6.87. The summed E-state index contributed by atoms with van der Waals surface area (Å²) in [5, 5.41) is 11.8. The third-order valence-electron chi connectivity index (χ3n) is 8.38. The van der Waals surface area contributed by atoms with E-state index in [1.54, 1.807) is 18.8 Å². The smallest absolute Gasteiger partial charge is 0.407 e. The van der Waals surface area contributed by atoms with Crippen LogP contribution < -0.4 is 16.0 Å². The number of aromatic nitrogens is 2. The third-order valence-corrected chi connectivity index (χ3v) is 10.3. The molecule has 0 aliphatic carbocycles. The molecular weight excluding hydrogens is 725 g/mol. The average molecular weight is 777 g/mol. The molecule has 12 nitrogen and oxygen atoms in total. The van der Waals surface area contributed by atoms with Crippen LogP contribution in [-0.4, -0.2) is 70.6 Å². The van der Waals surface area contributed by atoms with E-state index in [-0.39, 0.29) is 44.1 Å². The molecule has 0 bridgehead atoms. The van der Waals surface area contributed by atoms with Gasteiger partial charge in [0.2, 0.25) is 5.91 Å². The van der Waals surface area contributed by atoms with Gasteiger partial charge in [-0.1, -0.05) is 88.4 Å². The van der Waals surface area contributed by atoms with Gasteiger partial charge in [-0.3, -0.25) is 14.6 Å². The number of carbonyl (C=O) groups excluding carboxylic acids is 4. The highest BCUT2D eigenvalue weighted by atomic mass is 32.1. The number of hydrogen-bond acceptors (Lipinski definition) is 10. The van der Waals surface area contributed by atoms with Gasteiger partial charge in [-0.15, -0.1) is 22.7 Å². The first-order valence-electron chi connectivity index (χ1n) is 18.3. The van der Waals surface area contributed by atoms with E-state index in [1.165, 1.54) is 27.6 Å². The Morgan fingerprint density at radius 3 is 2.00 bits per heavy atom. The Bertz CT molecular complexity index is 1740. The standard InChI is InChI=1S/C40H52N6O6S2/c1-27(2)23-51-36(47)20-35(45-39(49)46(5)22-33-25-53-38(43-33)28(3)4)37(48)42-31(18-29-12-8-6-9-13-29)16-17-32(19-30-14-10-7-11-15-30)44-40(50)52-24-34-21-41-26-54-34/h6-15,21,25-28,31-32,35H,16-20,22-24H2,1-5H3,(H,42,48)(H,44,50)(H,45,49). The van der Waals surface area contributed by atoms with Gasteiger partial charge < -0.3 is 30.3 Å². The Labute approximate surface area is 326 Å². The SMILES string of the molecule is CC(C)COC(=O)CC(NC(=O)N(C)Cc1csc(C(C)C)n1)C(=O)NC(CCC(Cc1ccccc1)NC(=O)OCc1cncs1)Cc1ccccc1. The molecule has 2 aromatic carbocycles. The maximum Gasteiger partial charge on any atom is 0.407 e. The van der Waals surface area contributed by atoms with Crippen molar-refractivity contribution in [1.29, 1.82) is 0 Å². The summed E-state index contributed by atoms with van der Waals surface area (Å²) in [7, 11) is 1.62. The van der Waals surface area contributed by atoms with Crippen molar-refractivity contribution in [2.24, 2.45) is 5.92 Å². The summed E-state index contributed by atoms with van der Waals surface area (Å²) in [4.78, 5) is 64.3. The molecule has 0 aliphatic rings. The van der Waals surface area contributed by atoms with Gasteiger partial charge in [0, 0.05) is 36.6 Å². The van der Waals surface area contributed by atoms with E-state index in [2.05, 4.69) is 39.8 Å². The number of thiazole rings is 2. The zero-order valence-electron chi connectivity index (χ0n) is 31.7. The van der Waals surface area contributed by atoms with Gasteiger partial charge in [-0.2, -0.15) is 0 Å². The van der Waals surface area contributed by atoms with Gasteiger partial charge in [0.25, 0.3) is 0 Å². The molecule has 0 saturated heterocycles. The number of nitrogens with one attached hydrogen (secondary N) is 3. The first kappa shape index (κ1) is 41.9. The second-order valence-electron chi connectivity index (χ2n) is 14.0. The maximum atomic E-state index is 14.1. The Hall–Kier alpha value is -4.82. The highest BCUT2D eigenvalue weighted by Crippen LogP contribution is 2.20. The van der Waals surface area contributed by atoms with Gasteiger partial charge in [-0.25, -0.2) is 14.6 Å². The summed E-state index contributed by atoms with van der Waals surface area (Å²) in [6.07, 6.45) is 2.80. The quantitative estimate of drug-likeness (QED) is 0.0824. The topological polar surface area (TPSA) is 152 Å². The van der Waals surface area contributed by atoms with Crippen molar-refractivity contribution < 1.29 is 28.7 Å². The lowest BCUT2D eigenvalue weighted by molar-refractivity contribution is -0.146. The van der Waals surface area contributed by atoms with Crippen molar-refractivity contribution in [3.8, 4) is 0 Å². The maximum absolute atomic E-state index is 14.1. The molecule has 0 radical (unpaired) electrons. The van der Waals surface area contributed by atoms with Crippen LogP contribution in [0.3, 0.4) is 0 Å². The van der Waals surface area contributed by atoms with Gasteiger partial charge in [-0.05, 0) is 42.7 Å². The van der Waals surface area contributed by atoms with Crippen LogP contribution in [0, 0.1) is 5.92 Å². The number of rotatable bonds is 20. The van der Waals surface area contributed by atoms with E-state index in [4.69, 9.17) is 9.47 Å². The molecule has 3 N–H and O–H groups in total. The minimum absolute atomic E-state index is 0.105. The van der Waals surface area contributed by atoms with Crippen molar-refractivity contribution >= 4 is 46.7 Å². The van der Waals surface area contributed by atoms with Gasteiger partial charge >= 0.3 is 18.1 Å². The summed E-state index contributed by atoms with van der Waals surface area (Å²) in [6, 6.07) is 17.2. The van der Waals surface area contributed by atoms with Crippen LogP contribution in [-0.2, 0) is 45.1 Å². The molecule has 14 heteroatoms. The number of hydrogen-bond donors (Lipinski definition) is 3. The van der Waals surface area contributed by atoms with E-state index in [9.17, 15) is 19.2 Å². The van der Waals surface area contributed by atoms with Crippen molar-refractivity contribution in [3.05, 3.63) is 104 Å². The highest BCUT2D eigenvalue weighted by molar-refractivity contribution is 7.09. The van der Waals surface area contributed by atoms with Crippen molar-refractivity contribution in [2.45, 2.75) is 97.0 Å². The molecular formula is C40H52N6O6S2. The first-order valence-corrected chi connectivity index (χ1v) is 20.0. The Kier molecular flexibility index (Phi) is 16.9. The first-order chi connectivity index (χ1) is 25.9. The molecule has 2 heterocycles. The number of urea groups is 1. The molecule has 0 saturated carbocycles. The van der Waals surface area contributed by atoms with E-state index in [0.717, 1.165) is 26.7 Å². The average Bonchev–Trinajstić information content (AvgIpc) is 3.85. The van der Waals surface area contributed by atoms with Crippen molar-refractivity contribution in [3.63, 3.8) is 0 Å². The van der Waals surface area contributed by atoms with Gasteiger partial charge in [0.1, 0.15) is 12.6 Å². The lowest BCUT2D eigenvalue weighted by Crippen LogP contribution is -2.53. The van der Waals surface area contributed by atoms with Crippen LogP contribution in [0.25, 0.3) is 0 Å². The zero-order valence-corrected chi connectivity index (χ0v) is 33.3. The molecule has 4 rings (SSSR count). The molecule has 0 aliphatic heterocycles. The Balaban J connectivity index is 1.49. The number of carbonyl (C=O) groups is 4. The Morgan fingerprint density at radius 1 is 0.815 bits per heavy atom. The summed E-state index contributed by atoms with van der Waals surface area (Å²) >= 11 is 2.95. The minimum Gasteiger partial charge on any atom is -0.465 e. The van der Waals surface area contributed by atoms with Gasteiger partial charge in [0.15, 0.2) is 0 Å². The summed E-state index contributed by atoms with van der Waals surface area (Å²) in [6.45, 7) is 8.52. The van der Waals surface area contributed by atoms with E-state index >= 15 is 0 Å². The molecule has 0 fully saturated rings. The molecule has 0 spiro atoms. The lowest BCUT2D eigenvalue weighted by Gasteiger charge is -2.27. The monoisotopic (exact) mass is 776 g/mol. The highest BCUT2D eigenvalue weighted by Gasteiger charge is 2.29.